The number of nitrogens with two attached hydrogens (primary N) is 1. The highest BCUT2D eigenvalue weighted by atomic mass is 32.1. The Hall–Kier alpha value is 0.01000. The van der Waals surface area contributed by atoms with Gasteiger partial charge in [0.15, 0.2) is 0 Å². The Bertz CT molecular complexity index is 91.1. The maximum absolute atomic E-state index is 5.28. The van der Waals surface area contributed by atoms with Gasteiger partial charge < -0.3 is 11.1 Å². The van der Waals surface area contributed by atoms with E-state index in [-0.39, 0.29) is 0 Å². The van der Waals surface area contributed by atoms with Crippen LogP contribution in [-0.2, 0) is 0 Å². The van der Waals surface area contributed by atoms with E-state index in [9.17, 15) is 0 Å². The smallest absolute Gasteiger partial charge is 0.0284 e. The predicted molar refractivity (Wildman–Crippen MR) is 44.8 cm³/mol. The minimum Gasteiger partial charge on any atom is -0.326 e. The van der Waals surface area contributed by atoms with Gasteiger partial charge in [-0.1, -0.05) is 26.1 Å². The summed E-state index contributed by atoms with van der Waals surface area (Å²) in [4.78, 5) is 0.892. The molecule has 0 radical (unpaired) electrons. The van der Waals surface area contributed by atoms with Gasteiger partial charge in [0.1, 0.15) is 0 Å². The van der Waals surface area contributed by atoms with Crippen LogP contribution >= 0.6 is 12.2 Å². The molecule has 0 saturated heterocycles. The van der Waals surface area contributed by atoms with E-state index >= 15 is 0 Å². The molecule has 0 aliphatic heterocycles. The summed E-state index contributed by atoms with van der Waals surface area (Å²) < 4.78 is 0. The van der Waals surface area contributed by atoms with Crippen LogP contribution in [0.25, 0.3) is 0 Å². The first-order chi connectivity index (χ1) is 4.16. The standard InChI is InChI=1S/C6H14N2S/c1-5(2)8-4-6(9)3-7/h5,8H,3-4,7H2,1-2H3. The van der Waals surface area contributed by atoms with Crippen LogP contribution in [-0.4, -0.2) is 24.0 Å². The third-order valence-corrected chi connectivity index (χ3v) is 1.25. The van der Waals surface area contributed by atoms with E-state index in [4.69, 9.17) is 18.0 Å². The van der Waals surface area contributed by atoms with Crippen molar-refractivity contribution in [1.82, 2.24) is 5.32 Å². The molecule has 0 fully saturated rings. The van der Waals surface area contributed by atoms with Crippen molar-refractivity contribution in [3.63, 3.8) is 0 Å². The molecule has 0 aliphatic rings. The molecule has 0 aromatic rings. The monoisotopic (exact) mass is 146 g/mol. The van der Waals surface area contributed by atoms with Crippen molar-refractivity contribution in [2.75, 3.05) is 13.1 Å². The second-order valence-corrected chi connectivity index (χ2v) is 2.86. The van der Waals surface area contributed by atoms with Crippen molar-refractivity contribution in [3.8, 4) is 0 Å². The van der Waals surface area contributed by atoms with Crippen molar-refractivity contribution in [2.24, 2.45) is 5.73 Å². The number of rotatable bonds is 4. The van der Waals surface area contributed by atoms with Crippen LogP contribution in [0.1, 0.15) is 13.8 Å². The van der Waals surface area contributed by atoms with Gasteiger partial charge >= 0.3 is 0 Å². The summed E-state index contributed by atoms with van der Waals surface area (Å²) in [7, 11) is 0. The lowest BCUT2D eigenvalue weighted by atomic mass is 10.3. The van der Waals surface area contributed by atoms with Crippen LogP contribution in [0.15, 0.2) is 0 Å². The first-order valence-corrected chi connectivity index (χ1v) is 3.52. The van der Waals surface area contributed by atoms with Gasteiger partial charge in [0.25, 0.3) is 0 Å². The van der Waals surface area contributed by atoms with Crippen LogP contribution in [0.5, 0.6) is 0 Å². The molecule has 0 unspecified atom stereocenters. The molecule has 0 heterocycles. The molecule has 0 aromatic carbocycles. The van der Waals surface area contributed by atoms with Gasteiger partial charge in [-0.15, -0.1) is 0 Å². The fourth-order valence-corrected chi connectivity index (χ4v) is 0.473. The van der Waals surface area contributed by atoms with Crippen molar-refractivity contribution < 1.29 is 0 Å². The third kappa shape index (κ3) is 5.89. The quantitative estimate of drug-likeness (QED) is 0.561. The van der Waals surface area contributed by atoms with Gasteiger partial charge in [-0.25, -0.2) is 0 Å². The Balaban J connectivity index is 3.17. The van der Waals surface area contributed by atoms with Gasteiger partial charge in [0.05, 0.1) is 0 Å². The number of thiocarbonyl (C=S) groups is 1. The van der Waals surface area contributed by atoms with Gasteiger partial charge in [-0.2, -0.15) is 0 Å². The molecule has 3 N–H and O–H groups in total. The first kappa shape index (κ1) is 9.01. The molecular weight excluding hydrogens is 132 g/mol. The maximum atomic E-state index is 5.28. The molecule has 0 amide bonds. The van der Waals surface area contributed by atoms with Gasteiger partial charge in [0.2, 0.25) is 0 Å². The van der Waals surface area contributed by atoms with Crippen LogP contribution < -0.4 is 11.1 Å². The third-order valence-electron chi connectivity index (χ3n) is 0.935. The second-order valence-electron chi connectivity index (χ2n) is 2.28. The first-order valence-electron chi connectivity index (χ1n) is 3.12. The van der Waals surface area contributed by atoms with E-state index in [2.05, 4.69) is 19.2 Å². The molecule has 0 rings (SSSR count). The minimum atomic E-state index is 0.495. The number of nitrogens with one attached hydrogen (secondary N) is 1. The van der Waals surface area contributed by atoms with E-state index < -0.39 is 0 Å². The number of hydrogen-bond acceptors (Lipinski definition) is 3. The molecule has 54 valence electrons. The molecule has 2 nitrogen and oxygen atoms in total. The normalized spacial score (nSPS) is 10.2. The average molecular weight is 146 g/mol. The molecule has 3 heteroatoms. The molecular formula is C6H14N2S. The van der Waals surface area contributed by atoms with Gasteiger partial charge in [-0.05, 0) is 0 Å². The molecule has 9 heavy (non-hydrogen) atoms. The summed E-state index contributed by atoms with van der Waals surface area (Å²) in [6, 6.07) is 0.495. The average Bonchev–Trinajstić information content (AvgIpc) is 1.83. The van der Waals surface area contributed by atoms with Crippen LogP contribution in [0.2, 0.25) is 0 Å². The molecule has 0 bridgehead atoms. The van der Waals surface area contributed by atoms with Crippen LogP contribution in [0, 0.1) is 0 Å². The Kier molecular flexibility index (Phi) is 4.85. The van der Waals surface area contributed by atoms with Crippen molar-refractivity contribution >= 4 is 17.1 Å². The van der Waals surface area contributed by atoms with Crippen LogP contribution in [0.4, 0.5) is 0 Å². The molecule has 0 aromatic heterocycles. The molecule has 0 saturated carbocycles. The number of hydrogen-bond donors (Lipinski definition) is 2. The lowest BCUT2D eigenvalue weighted by molar-refractivity contribution is 0.643. The Morgan fingerprint density at radius 2 is 2.22 bits per heavy atom. The zero-order chi connectivity index (χ0) is 7.28. The van der Waals surface area contributed by atoms with Crippen molar-refractivity contribution in [2.45, 2.75) is 19.9 Å². The van der Waals surface area contributed by atoms with E-state index in [1.807, 2.05) is 0 Å². The Morgan fingerprint density at radius 1 is 1.67 bits per heavy atom. The van der Waals surface area contributed by atoms with Gasteiger partial charge in [-0.3, -0.25) is 0 Å². The Labute approximate surface area is 61.8 Å². The van der Waals surface area contributed by atoms with E-state index in [1.54, 1.807) is 0 Å². The second kappa shape index (κ2) is 4.85. The topological polar surface area (TPSA) is 38.0 Å². The zero-order valence-corrected chi connectivity index (χ0v) is 6.79. The molecule has 0 atom stereocenters. The maximum Gasteiger partial charge on any atom is 0.0284 e. The van der Waals surface area contributed by atoms with E-state index in [0.717, 1.165) is 11.4 Å². The van der Waals surface area contributed by atoms with Crippen molar-refractivity contribution in [3.05, 3.63) is 0 Å². The largest absolute Gasteiger partial charge is 0.326 e. The summed E-state index contributed by atoms with van der Waals surface area (Å²) in [5, 5.41) is 3.17. The summed E-state index contributed by atoms with van der Waals surface area (Å²) in [5.74, 6) is 0. The Morgan fingerprint density at radius 3 is 2.56 bits per heavy atom. The lowest BCUT2D eigenvalue weighted by Gasteiger charge is -2.06. The minimum absolute atomic E-state index is 0.495. The summed E-state index contributed by atoms with van der Waals surface area (Å²) in [6.45, 7) is 5.44. The van der Waals surface area contributed by atoms with E-state index in [1.165, 1.54) is 0 Å². The molecule has 0 aliphatic carbocycles. The highest BCUT2D eigenvalue weighted by molar-refractivity contribution is 7.80. The van der Waals surface area contributed by atoms with Crippen molar-refractivity contribution in [1.29, 1.82) is 0 Å². The zero-order valence-electron chi connectivity index (χ0n) is 5.98. The SMILES string of the molecule is CC(C)NCC(=S)CN. The summed E-state index contributed by atoms with van der Waals surface area (Å²) in [5.41, 5.74) is 5.28. The van der Waals surface area contributed by atoms with E-state index in [0.29, 0.717) is 12.6 Å². The summed E-state index contributed by atoms with van der Waals surface area (Å²) >= 11 is 4.89. The molecule has 0 spiro atoms. The fourth-order valence-electron chi connectivity index (χ4n) is 0.390. The predicted octanol–water partition coefficient (Wildman–Crippen LogP) is 0.313. The lowest BCUT2D eigenvalue weighted by Crippen LogP contribution is -2.31. The fraction of sp³-hybridized carbons (Fsp3) is 0.833. The van der Waals surface area contributed by atoms with Crippen LogP contribution in [0.3, 0.4) is 0 Å². The highest BCUT2D eigenvalue weighted by Gasteiger charge is 1.93. The summed E-state index contributed by atoms with van der Waals surface area (Å²) in [6.07, 6.45) is 0. The highest BCUT2D eigenvalue weighted by Crippen LogP contribution is 1.76. The van der Waals surface area contributed by atoms with Gasteiger partial charge in [0, 0.05) is 24.0 Å².